The number of pyridine rings is 1. The number of amides is 3. The minimum atomic E-state index is -0.380. The smallest absolute Gasteiger partial charge is 0.272 e. The average Bonchev–Trinajstić information content (AvgIpc) is 4.04. The Bertz CT molecular complexity index is 2660. The van der Waals surface area contributed by atoms with Crippen LogP contribution in [0.25, 0.3) is 23.1 Å². The van der Waals surface area contributed by atoms with Gasteiger partial charge in [0, 0.05) is 82.1 Å². The minimum Gasteiger partial charge on any atom is -0.379 e. The van der Waals surface area contributed by atoms with Crippen molar-refractivity contribution in [1.29, 1.82) is 0 Å². The van der Waals surface area contributed by atoms with Gasteiger partial charge < -0.3 is 29.8 Å². The maximum atomic E-state index is 13.7. The van der Waals surface area contributed by atoms with Crippen LogP contribution in [0.2, 0.25) is 0 Å². The van der Waals surface area contributed by atoms with E-state index in [-0.39, 0.29) is 17.7 Å². The van der Waals surface area contributed by atoms with Gasteiger partial charge in [0.1, 0.15) is 11.4 Å². The molecule has 1 fully saturated rings. The fourth-order valence-corrected chi connectivity index (χ4v) is 7.45. The Hall–Kier alpha value is -7.16. The predicted octanol–water partition coefficient (Wildman–Crippen LogP) is 6.58. The lowest BCUT2D eigenvalue weighted by Gasteiger charge is -2.26. The highest BCUT2D eigenvalue weighted by Gasteiger charge is 2.19. The van der Waals surface area contributed by atoms with Crippen LogP contribution in [0, 0.1) is 0 Å². The number of aromatic nitrogens is 6. The van der Waals surface area contributed by atoms with Gasteiger partial charge in [-0.3, -0.25) is 28.9 Å². The fourth-order valence-electron chi connectivity index (χ4n) is 7.45. The summed E-state index contributed by atoms with van der Waals surface area (Å²) >= 11 is 0. The predicted molar refractivity (Wildman–Crippen MR) is 241 cm³/mol. The first-order valence-electron chi connectivity index (χ1n) is 21.0. The monoisotopic (exact) mass is 830 g/mol. The molecule has 3 aromatic carbocycles. The van der Waals surface area contributed by atoms with Crippen LogP contribution in [0.4, 0.5) is 11.4 Å². The topological polar surface area (TPSA) is 153 Å². The third-order valence-electron chi connectivity index (χ3n) is 10.8. The molecule has 5 heterocycles. The van der Waals surface area contributed by atoms with Gasteiger partial charge in [-0.2, -0.15) is 0 Å². The van der Waals surface area contributed by atoms with Gasteiger partial charge in [-0.15, -0.1) is 5.10 Å². The van der Waals surface area contributed by atoms with Gasteiger partial charge in [-0.1, -0.05) is 78.0 Å². The normalized spacial score (nSPS) is 13.1. The summed E-state index contributed by atoms with van der Waals surface area (Å²) in [5.74, 6) is -0.900. The summed E-state index contributed by atoms with van der Waals surface area (Å²) in [6.07, 6.45) is 13.5. The van der Waals surface area contributed by atoms with Crippen molar-refractivity contribution in [3.63, 3.8) is 0 Å². The SMILES string of the molecule is Cn1cc(NC(=O)c2ccc(/C=C/c3cnc4ccccc4c3)cc2)cc1C(=O)Nc1cc(C(=O)NCCN2CCOCC2)n(CCCc2cn(CCc3ccccc3)nn2)c1. The standard InChI is InChI=1S/C48H50N10O4/c1-55-32-41(51-46(59)38-17-15-36(16-18-38)13-14-37-28-39-10-5-6-12-43(39)50-31-37)29-44(55)48(61)52-42-30-45(47(60)49-20-23-56-24-26-62-27-25-56)57(33-42)21-7-11-40-34-58(54-53-40)22-19-35-8-3-2-4-9-35/h2-6,8-10,12-18,28-34H,7,11,19-27H2,1H3,(H,49,60)(H,51,59)(H,52,61)/b14-13+. The van der Waals surface area contributed by atoms with Crippen molar-refractivity contribution in [3.8, 4) is 0 Å². The molecule has 1 aliphatic heterocycles. The molecule has 316 valence electrons. The first kappa shape index (κ1) is 41.6. The molecular formula is C48H50N10O4. The van der Waals surface area contributed by atoms with E-state index in [2.05, 4.69) is 54.3 Å². The summed E-state index contributed by atoms with van der Waals surface area (Å²) in [5.41, 5.74) is 7.21. The molecular weight excluding hydrogens is 781 g/mol. The van der Waals surface area contributed by atoms with Crippen LogP contribution in [0.5, 0.6) is 0 Å². The van der Waals surface area contributed by atoms with Crippen LogP contribution in [0.15, 0.2) is 122 Å². The molecule has 0 spiro atoms. The zero-order valence-electron chi connectivity index (χ0n) is 34.7. The molecule has 3 N–H and O–H groups in total. The van der Waals surface area contributed by atoms with E-state index < -0.39 is 0 Å². The Morgan fingerprint density at radius 2 is 1.47 bits per heavy atom. The molecule has 0 saturated carbocycles. The number of rotatable bonds is 17. The number of nitrogens with one attached hydrogen (secondary N) is 3. The van der Waals surface area contributed by atoms with Crippen LogP contribution in [0.1, 0.15) is 60.1 Å². The summed E-state index contributed by atoms with van der Waals surface area (Å²) in [7, 11) is 1.74. The number of para-hydroxylation sites is 1. The van der Waals surface area contributed by atoms with Gasteiger partial charge in [-0.05, 0) is 72.4 Å². The van der Waals surface area contributed by atoms with Gasteiger partial charge in [0.05, 0.1) is 35.8 Å². The van der Waals surface area contributed by atoms with E-state index in [1.54, 1.807) is 48.3 Å². The van der Waals surface area contributed by atoms with Crippen LogP contribution in [-0.2, 0) is 37.7 Å². The number of carbonyl (C=O) groups excluding carboxylic acids is 3. The van der Waals surface area contributed by atoms with Crippen LogP contribution >= 0.6 is 0 Å². The second-order valence-corrected chi connectivity index (χ2v) is 15.4. The molecule has 14 heteroatoms. The molecule has 62 heavy (non-hydrogen) atoms. The summed E-state index contributed by atoms with van der Waals surface area (Å²) in [6, 6.07) is 31.0. The molecule has 1 aliphatic rings. The summed E-state index contributed by atoms with van der Waals surface area (Å²) in [5, 5.41) is 18.7. The lowest BCUT2D eigenvalue weighted by Crippen LogP contribution is -2.41. The van der Waals surface area contributed by atoms with Crippen molar-refractivity contribution in [3.05, 3.63) is 161 Å². The van der Waals surface area contributed by atoms with Crippen LogP contribution in [0.3, 0.4) is 0 Å². The Balaban J connectivity index is 0.881. The van der Waals surface area contributed by atoms with Crippen molar-refractivity contribution in [1.82, 2.24) is 39.3 Å². The maximum absolute atomic E-state index is 13.7. The number of carbonyl (C=O) groups is 3. The van der Waals surface area contributed by atoms with Gasteiger partial charge in [0.15, 0.2) is 0 Å². The summed E-state index contributed by atoms with van der Waals surface area (Å²) < 4.78 is 10.8. The largest absolute Gasteiger partial charge is 0.379 e. The second kappa shape index (κ2) is 19.9. The maximum Gasteiger partial charge on any atom is 0.272 e. The van der Waals surface area contributed by atoms with Crippen molar-refractivity contribution >= 4 is 52.2 Å². The fraction of sp³-hybridized carbons (Fsp3) is 0.250. The third-order valence-corrected chi connectivity index (χ3v) is 10.8. The zero-order chi connectivity index (χ0) is 42.7. The molecule has 0 bridgehead atoms. The van der Waals surface area contributed by atoms with Crippen molar-refractivity contribution in [2.45, 2.75) is 32.4 Å². The number of fused-ring (bicyclic) bond motifs is 1. The first-order valence-corrected chi connectivity index (χ1v) is 21.0. The number of hydrogen-bond acceptors (Lipinski definition) is 8. The molecule has 0 radical (unpaired) electrons. The number of anilines is 2. The molecule has 8 rings (SSSR count). The number of hydrogen-bond donors (Lipinski definition) is 3. The molecule has 1 saturated heterocycles. The Labute approximate surface area is 360 Å². The quantitative estimate of drug-likeness (QED) is 0.0932. The van der Waals surface area contributed by atoms with E-state index in [0.717, 1.165) is 60.3 Å². The van der Waals surface area contributed by atoms with E-state index in [9.17, 15) is 14.4 Å². The van der Waals surface area contributed by atoms with Crippen LogP contribution < -0.4 is 16.0 Å². The third kappa shape index (κ3) is 11.0. The van der Waals surface area contributed by atoms with Gasteiger partial charge >= 0.3 is 0 Å². The van der Waals surface area contributed by atoms with Crippen molar-refractivity contribution in [2.75, 3.05) is 50.0 Å². The van der Waals surface area contributed by atoms with Crippen molar-refractivity contribution in [2.24, 2.45) is 7.05 Å². The number of nitrogens with zero attached hydrogens (tertiary/aromatic N) is 7. The Morgan fingerprint density at radius 1 is 0.726 bits per heavy atom. The molecule has 7 aromatic rings. The molecule has 0 aliphatic carbocycles. The lowest BCUT2D eigenvalue weighted by atomic mass is 10.1. The van der Waals surface area contributed by atoms with E-state index in [0.29, 0.717) is 67.5 Å². The van der Waals surface area contributed by atoms with Crippen LogP contribution in [-0.4, -0.2) is 91.1 Å². The molecule has 3 amide bonds. The average molecular weight is 831 g/mol. The van der Waals surface area contributed by atoms with E-state index >= 15 is 0 Å². The molecule has 0 unspecified atom stereocenters. The van der Waals surface area contributed by atoms with Crippen molar-refractivity contribution < 1.29 is 19.1 Å². The second-order valence-electron chi connectivity index (χ2n) is 15.4. The minimum absolute atomic E-state index is 0.222. The van der Waals surface area contributed by atoms with E-state index in [4.69, 9.17) is 4.74 Å². The number of benzene rings is 3. The summed E-state index contributed by atoms with van der Waals surface area (Å²) in [6.45, 7) is 5.52. The van der Waals surface area contributed by atoms with Gasteiger partial charge in [-0.25, -0.2) is 0 Å². The highest BCUT2D eigenvalue weighted by molar-refractivity contribution is 6.07. The van der Waals surface area contributed by atoms with Gasteiger partial charge in [0.2, 0.25) is 0 Å². The number of morpholine rings is 1. The first-order chi connectivity index (χ1) is 30.3. The van der Waals surface area contributed by atoms with Gasteiger partial charge in [0.25, 0.3) is 17.7 Å². The van der Waals surface area contributed by atoms with E-state index in [1.165, 1.54) is 5.56 Å². The highest BCUT2D eigenvalue weighted by Crippen LogP contribution is 2.21. The highest BCUT2D eigenvalue weighted by atomic mass is 16.5. The zero-order valence-corrected chi connectivity index (χ0v) is 34.7. The Kier molecular flexibility index (Phi) is 13.4. The Morgan fingerprint density at radius 3 is 2.31 bits per heavy atom. The lowest BCUT2D eigenvalue weighted by molar-refractivity contribution is 0.0383. The number of aryl methyl sites for hydroxylation is 5. The molecule has 0 atom stereocenters. The molecule has 4 aromatic heterocycles. The summed E-state index contributed by atoms with van der Waals surface area (Å²) in [4.78, 5) is 47.2. The number of ether oxygens (including phenoxy) is 1. The molecule has 14 nitrogen and oxygen atoms in total. The van der Waals surface area contributed by atoms with E-state index in [1.807, 2.05) is 88.4 Å².